The van der Waals surface area contributed by atoms with Gasteiger partial charge in [-0.2, -0.15) is 5.10 Å². The van der Waals surface area contributed by atoms with Crippen molar-refractivity contribution in [2.75, 3.05) is 13.1 Å². The molecule has 26 heavy (non-hydrogen) atoms. The van der Waals surface area contributed by atoms with Gasteiger partial charge >= 0.3 is 11.8 Å². The Balaban J connectivity index is 1.62. The first-order valence-corrected chi connectivity index (χ1v) is 9.34. The number of benzene rings is 1. The van der Waals surface area contributed by atoms with Crippen molar-refractivity contribution in [3.63, 3.8) is 0 Å². The molecule has 1 aromatic carbocycles. The maximum absolute atomic E-state index is 11.8. The number of nitrogens with one attached hydrogen (secondary N) is 3. The summed E-state index contributed by atoms with van der Waals surface area (Å²) < 4.78 is 0. The molecule has 0 unspecified atom stereocenters. The number of hydrogen-bond acceptors (Lipinski definition) is 4. The molecule has 4 N–H and O–H groups in total. The van der Waals surface area contributed by atoms with Crippen LogP contribution in [0, 0.1) is 0 Å². The highest BCUT2D eigenvalue weighted by Crippen LogP contribution is 2.19. The summed E-state index contributed by atoms with van der Waals surface area (Å²) in [5.41, 5.74) is 4.59. The molecule has 1 aromatic rings. The number of phenolic OH excluding ortho intramolecular Hbond substituents is 1. The largest absolute Gasteiger partial charge is 0.507 e. The highest BCUT2D eigenvalue weighted by atomic mass is 16.3. The van der Waals surface area contributed by atoms with Crippen LogP contribution in [0.5, 0.6) is 5.75 Å². The van der Waals surface area contributed by atoms with Gasteiger partial charge in [-0.05, 0) is 62.8 Å². The maximum Gasteiger partial charge on any atom is 0.329 e. The van der Waals surface area contributed by atoms with E-state index in [4.69, 9.17) is 0 Å². The lowest BCUT2D eigenvalue weighted by atomic mass is 10.0. The summed E-state index contributed by atoms with van der Waals surface area (Å²) in [6.07, 6.45) is 5.60. The van der Waals surface area contributed by atoms with E-state index < -0.39 is 11.8 Å². The van der Waals surface area contributed by atoms with E-state index in [1.807, 2.05) is 6.07 Å². The van der Waals surface area contributed by atoms with Crippen molar-refractivity contribution in [1.29, 1.82) is 0 Å². The number of carbonyl (C=O) groups excluding carboxylic acids is 2. The summed E-state index contributed by atoms with van der Waals surface area (Å²) in [6.45, 7) is 4.80. The van der Waals surface area contributed by atoms with Gasteiger partial charge in [-0.25, -0.2) is 5.43 Å². The number of phenols is 1. The molecule has 0 bridgehead atoms. The Bertz CT molecular complexity index is 707. The first kappa shape index (κ1) is 18.4. The lowest BCUT2D eigenvalue weighted by Gasteiger charge is -2.24. The van der Waals surface area contributed by atoms with Crippen molar-refractivity contribution >= 4 is 17.5 Å². The van der Waals surface area contributed by atoms with Crippen molar-refractivity contribution < 1.29 is 19.6 Å². The van der Waals surface area contributed by atoms with E-state index in [9.17, 15) is 14.7 Å². The fourth-order valence-corrected chi connectivity index (χ4v) is 3.18. The molecule has 7 nitrogen and oxygen atoms in total. The predicted molar refractivity (Wildman–Crippen MR) is 97.9 cm³/mol. The maximum atomic E-state index is 11.8. The van der Waals surface area contributed by atoms with Crippen molar-refractivity contribution in [2.45, 2.75) is 51.6 Å². The van der Waals surface area contributed by atoms with Gasteiger partial charge < -0.3 is 15.3 Å². The number of carbonyl (C=O) groups is 2. The monoisotopic (exact) mass is 359 g/mol. The van der Waals surface area contributed by atoms with Crippen molar-refractivity contribution in [2.24, 2.45) is 5.10 Å². The van der Waals surface area contributed by atoms with Crippen LogP contribution in [0.4, 0.5) is 0 Å². The molecule has 1 aliphatic heterocycles. The van der Waals surface area contributed by atoms with Crippen LogP contribution in [0.15, 0.2) is 23.3 Å². The number of hydrazone groups is 1. The number of quaternary nitrogens is 1. The predicted octanol–water partition coefficient (Wildman–Crippen LogP) is 0.0798. The highest BCUT2D eigenvalue weighted by Gasteiger charge is 2.26. The van der Waals surface area contributed by atoms with Crippen LogP contribution in [-0.4, -0.2) is 41.8 Å². The van der Waals surface area contributed by atoms with Crippen molar-refractivity contribution in [1.82, 2.24) is 10.7 Å². The molecule has 0 aromatic heterocycles. The minimum absolute atomic E-state index is 0.135. The quantitative estimate of drug-likeness (QED) is 0.341. The van der Waals surface area contributed by atoms with Gasteiger partial charge in [0.1, 0.15) is 12.3 Å². The SMILES string of the molecule is C/C(=N\NC(=O)C(=O)NC1CC1)c1ccc(O)c(C[NH+]2CCCCC2)c1. The van der Waals surface area contributed by atoms with Gasteiger partial charge in [0.2, 0.25) is 0 Å². The number of piperidine rings is 1. The molecule has 2 fully saturated rings. The zero-order valence-electron chi connectivity index (χ0n) is 15.2. The van der Waals surface area contributed by atoms with Crippen LogP contribution in [0.3, 0.4) is 0 Å². The number of likely N-dealkylation sites (tertiary alicyclic amines) is 1. The first-order chi connectivity index (χ1) is 12.5. The molecule has 0 radical (unpaired) electrons. The molecular formula is C19H27N4O3+. The Morgan fingerprint density at radius 1 is 1.19 bits per heavy atom. The zero-order chi connectivity index (χ0) is 18.5. The summed E-state index contributed by atoms with van der Waals surface area (Å²) in [6, 6.07) is 5.47. The fraction of sp³-hybridized carbons (Fsp3) is 0.526. The average molecular weight is 359 g/mol. The van der Waals surface area contributed by atoms with Crippen molar-refractivity contribution in [3.8, 4) is 5.75 Å². The summed E-state index contributed by atoms with van der Waals surface area (Å²) in [5, 5.41) is 16.8. The Morgan fingerprint density at radius 3 is 2.62 bits per heavy atom. The molecule has 7 heteroatoms. The molecule has 1 heterocycles. The third-order valence-corrected chi connectivity index (χ3v) is 4.94. The Kier molecular flexibility index (Phi) is 5.88. The van der Waals surface area contributed by atoms with Gasteiger partial charge in [0.15, 0.2) is 0 Å². The number of aromatic hydroxyl groups is 1. The number of nitrogens with zero attached hydrogens (tertiary/aromatic N) is 1. The second-order valence-electron chi connectivity index (χ2n) is 7.22. The molecule has 3 rings (SSSR count). The molecule has 2 amide bonds. The van der Waals surface area contributed by atoms with E-state index in [1.54, 1.807) is 19.1 Å². The molecule has 1 aliphatic carbocycles. The van der Waals surface area contributed by atoms with Gasteiger partial charge in [-0.1, -0.05) is 0 Å². The van der Waals surface area contributed by atoms with Gasteiger partial charge in [0.05, 0.1) is 18.8 Å². The van der Waals surface area contributed by atoms with Crippen LogP contribution < -0.4 is 15.6 Å². The Hall–Kier alpha value is -2.41. The van der Waals surface area contributed by atoms with Crippen LogP contribution in [0.1, 0.15) is 50.2 Å². The average Bonchev–Trinajstić information content (AvgIpc) is 3.46. The van der Waals surface area contributed by atoms with Gasteiger partial charge in [-0.15, -0.1) is 0 Å². The van der Waals surface area contributed by atoms with Crippen LogP contribution in [0.2, 0.25) is 0 Å². The van der Waals surface area contributed by atoms with E-state index in [1.165, 1.54) is 24.2 Å². The topological polar surface area (TPSA) is 95.2 Å². The minimum atomic E-state index is -0.756. The first-order valence-electron chi connectivity index (χ1n) is 9.34. The molecule has 1 saturated heterocycles. The number of hydrogen-bond donors (Lipinski definition) is 4. The summed E-state index contributed by atoms with van der Waals surface area (Å²) in [4.78, 5) is 24.9. The lowest BCUT2D eigenvalue weighted by molar-refractivity contribution is -0.918. The van der Waals surface area contributed by atoms with Crippen LogP contribution in [-0.2, 0) is 16.1 Å². The smallest absolute Gasteiger partial charge is 0.329 e. The van der Waals surface area contributed by atoms with E-state index in [-0.39, 0.29) is 11.8 Å². The molecule has 2 aliphatic rings. The molecule has 140 valence electrons. The zero-order valence-corrected chi connectivity index (χ0v) is 15.2. The second-order valence-corrected chi connectivity index (χ2v) is 7.22. The standard InChI is InChI=1S/C19H26N4O3/c1-13(21-22-19(26)18(25)20-16-6-7-16)14-5-8-17(24)15(11-14)12-23-9-3-2-4-10-23/h5,8,11,16,24H,2-4,6-7,9-10,12H2,1H3,(H,20,25)(H,22,26)/p+1/b21-13+. The van der Waals surface area contributed by atoms with Gasteiger partial charge in [-0.3, -0.25) is 9.59 Å². The highest BCUT2D eigenvalue weighted by molar-refractivity contribution is 6.35. The molecule has 0 atom stereocenters. The Labute approximate surface area is 153 Å². The summed E-state index contributed by atoms with van der Waals surface area (Å²) >= 11 is 0. The van der Waals surface area contributed by atoms with E-state index in [0.717, 1.165) is 43.6 Å². The van der Waals surface area contributed by atoms with Crippen LogP contribution in [0.25, 0.3) is 0 Å². The Morgan fingerprint density at radius 2 is 1.92 bits per heavy atom. The second kappa shape index (κ2) is 8.31. The van der Waals surface area contributed by atoms with E-state index in [2.05, 4.69) is 15.8 Å². The third kappa shape index (κ3) is 5.05. The summed E-state index contributed by atoms with van der Waals surface area (Å²) in [7, 11) is 0. The van der Waals surface area contributed by atoms with Gasteiger partial charge in [0.25, 0.3) is 0 Å². The summed E-state index contributed by atoms with van der Waals surface area (Å²) in [5.74, 6) is -1.12. The minimum Gasteiger partial charge on any atom is -0.507 e. The normalized spacial score (nSPS) is 18.4. The van der Waals surface area contributed by atoms with Crippen molar-refractivity contribution in [3.05, 3.63) is 29.3 Å². The van der Waals surface area contributed by atoms with E-state index >= 15 is 0 Å². The van der Waals surface area contributed by atoms with Crippen LogP contribution >= 0.6 is 0 Å². The number of amides is 2. The van der Waals surface area contributed by atoms with E-state index in [0.29, 0.717) is 5.71 Å². The van der Waals surface area contributed by atoms with Gasteiger partial charge in [0, 0.05) is 11.6 Å². The number of rotatable bonds is 5. The molecule has 0 spiro atoms. The molecular weight excluding hydrogens is 332 g/mol. The fourth-order valence-electron chi connectivity index (χ4n) is 3.18. The lowest BCUT2D eigenvalue weighted by Crippen LogP contribution is -3.11. The third-order valence-electron chi connectivity index (χ3n) is 4.94. The molecule has 1 saturated carbocycles.